The minimum atomic E-state index is -0.879. The average molecular weight is 261 g/mol. The van der Waals surface area contributed by atoms with Gasteiger partial charge in [0.15, 0.2) is 0 Å². The van der Waals surface area contributed by atoms with E-state index in [1.54, 1.807) is 30.3 Å². The van der Waals surface area contributed by atoms with Gasteiger partial charge in [0.25, 0.3) is 0 Å². The number of benzene rings is 1. The maximum atomic E-state index is 10.2. The molecule has 0 amide bonds. The van der Waals surface area contributed by atoms with Crippen molar-refractivity contribution < 1.29 is 44.9 Å². The third-order valence-corrected chi connectivity index (χ3v) is 2.24. The van der Waals surface area contributed by atoms with Crippen molar-refractivity contribution in [3.05, 3.63) is 53.0 Å². The normalized spacial score (nSPS) is 7.82. The van der Waals surface area contributed by atoms with E-state index < -0.39 is 5.97 Å². The Hall–Kier alpha value is -0.720. The van der Waals surface area contributed by atoms with E-state index in [1.165, 1.54) is 11.5 Å². The molecular weight excluding hydrogens is 249 g/mol. The van der Waals surface area contributed by atoms with Crippen LogP contribution in [0.25, 0.3) is 0 Å². The fourth-order valence-electron chi connectivity index (χ4n) is 0.854. The Balaban J connectivity index is 0. The fourth-order valence-corrected chi connectivity index (χ4v) is 1.40. The second kappa shape index (κ2) is 10.4. The molecule has 6 heteroatoms. The summed E-state index contributed by atoms with van der Waals surface area (Å²) in [6, 6.07) is 10.3. The van der Waals surface area contributed by atoms with E-state index in [-0.39, 0.29) is 35.0 Å². The van der Waals surface area contributed by atoms with E-state index in [0.717, 1.165) is 5.69 Å². The molecule has 1 aromatic heterocycles. The molecular formula is C11H12NNaO3S. The van der Waals surface area contributed by atoms with Crippen LogP contribution in [-0.4, -0.2) is 20.9 Å². The molecule has 1 aromatic carbocycles. The van der Waals surface area contributed by atoms with Gasteiger partial charge in [0.2, 0.25) is 0 Å². The SMILES string of the molecule is Cc1ccsn1.O=C(O)c1ccccc1.[Na+].[OH-]. The van der Waals surface area contributed by atoms with Crippen molar-refractivity contribution in [1.29, 1.82) is 0 Å². The van der Waals surface area contributed by atoms with E-state index in [1.807, 2.05) is 18.4 Å². The van der Waals surface area contributed by atoms with Crippen molar-refractivity contribution in [3.8, 4) is 0 Å². The smallest absolute Gasteiger partial charge is 0.870 e. The minimum Gasteiger partial charge on any atom is -0.870 e. The molecule has 0 fully saturated rings. The van der Waals surface area contributed by atoms with Gasteiger partial charge in [0.05, 0.1) is 11.3 Å². The van der Waals surface area contributed by atoms with Gasteiger partial charge in [0.1, 0.15) is 0 Å². The van der Waals surface area contributed by atoms with Crippen LogP contribution >= 0.6 is 11.5 Å². The molecule has 0 radical (unpaired) electrons. The van der Waals surface area contributed by atoms with Crippen LogP contribution in [0.2, 0.25) is 0 Å². The summed E-state index contributed by atoms with van der Waals surface area (Å²) < 4.78 is 3.96. The Bertz CT molecular complexity index is 406. The van der Waals surface area contributed by atoms with Crippen molar-refractivity contribution in [1.82, 2.24) is 4.37 Å². The Morgan fingerprint density at radius 2 is 1.82 bits per heavy atom. The van der Waals surface area contributed by atoms with Crippen LogP contribution in [0.3, 0.4) is 0 Å². The third-order valence-electron chi connectivity index (χ3n) is 1.59. The number of carboxylic acid groups (broad SMARTS) is 1. The predicted octanol–water partition coefficient (Wildman–Crippen LogP) is -0.336. The summed E-state index contributed by atoms with van der Waals surface area (Å²) in [4.78, 5) is 10.2. The van der Waals surface area contributed by atoms with Gasteiger partial charge in [-0.1, -0.05) is 18.2 Å². The summed E-state index contributed by atoms with van der Waals surface area (Å²) in [5.41, 5.74) is 1.44. The van der Waals surface area contributed by atoms with Crippen LogP contribution in [0.5, 0.6) is 0 Å². The molecule has 2 N–H and O–H groups in total. The van der Waals surface area contributed by atoms with Crippen molar-refractivity contribution in [3.63, 3.8) is 0 Å². The Morgan fingerprint density at radius 1 is 1.24 bits per heavy atom. The number of aromatic nitrogens is 1. The second-order valence-electron chi connectivity index (χ2n) is 2.81. The zero-order chi connectivity index (χ0) is 11.1. The van der Waals surface area contributed by atoms with Crippen LogP contribution in [-0.2, 0) is 0 Å². The second-order valence-corrected chi connectivity index (χ2v) is 3.48. The molecule has 0 saturated carbocycles. The first-order valence-electron chi connectivity index (χ1n) is 4.35. The molecule has 0 atom stereocenters. The van der Waals surface area contributed by atoms with E-state index in [2.05, 4.69) is 4.37 Å². The average Bonchev–Trinajstić information content (AvgIpc) is 2.71. The quantitative estimate of drug-likeness (QED) is 0.712. The summed E-state index contributed by atoms with van der Waals surface area (Å²) in [5, 5.41) is 10.4. The predicted molar refractivity (Wildman–Crippen MR) is 62.2 cm³/mol. The molecule has 4 nitrogen and oxygen atoms in total. The molecule has 0 aliphatic heterocycles. The van der Waals surface area contributed by atoms with Crippen molar-refractivity contribution in [2.45, 2.75) is 6.92 Å². The number of aromatic carboxylic acids is 1. The fraction of sp³-hybridized carbons (Fsp3) is 0.0909. The van der Waals surface area contributed by atoms with Gasteiger partial charge < -0.3 is 10.6 Å². The van der Waals surface area contributed by atoms with Crippen molar-refractivity contribution >= 4 is 17.5 Å². The zero-order valence-corrected chi connectivity index (χ0v) is 12.5. The Morgan fingerprint density at radius 3 is 2.06 bits per heavy atom. The van der Waals surface area contributed by atoms with Crippen LogP contribution in [0, 0.1) is 6.92 Å². The van der Waals surface area contributed by atoms with Crippen molar-refractivity contribution in [2.75, 3.05) is 0 Å². The Labute approximate surface area is 126 Å². The molecule has 0 aliphatic carbocycles. The number of nitrogens with zero attached hydrogens (tertiary/aromatic N) is 1. The van der Waals surface area contributed by atoms with Gasteiger partial charge in [-0.25, -0.2) is 4.79 Å². The topological polar surface area (TPSA) is 80.2 Å². The number of hydrogen-bond acceptors (Lipinski definition) is 4. The Kier molecular flexibility index (Phi) is 11.4. The molecule has 2 aromatic rings. The van der Waals surface area contributed by atoms with Crippen LogP contribution < -0.4 is 29.6 Å². The standard InChI is InChI=1S/C7H6O2.C4H5NS.Na.H2O/c8-7(9)6-4-2-1-3-5-6;1-4-2-3-6-5-4;;/h1-5H,(H,8,9);2-3H,1H3;;1H2/q;;+1;/p-1. The molecule has 0 saturated heterocycles. The van der Waals surface area contributed by atoms with E-state index >= 15 is 0 Å². The number of carbonyl (C=O) groups is 1. The van der Waals surface area contributed by atoms with E-state index in [9.17, 15) is 4.79 Å². The molecule has 17 heavy (non-hydrogen) atoms. The van der Waals surface area contributed by atoms with Crippen LogP contribution in [0.1, 0.15) is 16.1 Å². The molecule has 1 heterocycles. The van der Waals surface area contributed by atoms with Gasteiger partial charge >= 0.3 is 35.5 Å². The maximum Gasteiger partial charge on any atom is 1.00 e. The molecule has 0 aliphatic rings. The molecule has 0 unspecified atom stereocenters. The summed E-state index contributed by atoms with van der Waals surface area (Å²) in [6.45, 7) is 1.98. The monoisotopic (exact) mass is 261 g/mol. The van der Waals surface area contributed by atoms with Gasteiger partial charge in [-0.05, 0) is 36.7 Å². The summed E-state index contributed by atoms with van der Waals surface area (Å²) in [5.74, 6) is -0.879. The minimum absolute atomic E-state index is 0. The van der Waals surface area contributed by atoms with Crippen LogP contribution in [0.4, 0.5) is 0 Å². The molecule has 86 valence electrons. The number of rotatable bonds is 1. The van der Waals surface area contributed by atoms with Gasteiger partial charge in [0, 0.05) is 5.38 Å². The van der Waals surface area contributed by atoms with Gasteiger partial charge in [-0.15, -0.1) is 0 Å². The maximum absolute atomic E-state index is 10.2. The van der Waals surface area contributed by atoms with E-state index in [0.29, 0.717) is 5.56 Å². The number of hydrogen-bond donors (Lipinski definition) is 1. The van der Waals surface area contributed by atoms with Gasteiger partial charge in [-0.2, -0.15) is 4.37 Å². The largest absolute Gasteiger partial charge is 1.00 e. The first-order chi connectivity index (χ1) is 7.20. The van der Waals surface area contributed by atoms with Crippen LogP contribution in [0.15, 0.2) is 41.8 Å². The first-order valence-corrected chi connectivity index (χ1v) is 5.19. The number of aryl methyl sites for hydroxylation is 1. The summed E-state index contributed by atoms with van der Waals surface area (Å²) >= 11 is 1.49. The third kappa shape index (κ3) is 8.06. The van der Waals surface area contributed by atoms with Crippen molar-refractivity contribution in [2.24, 2.45) is 0 Å². The van der Waals surface area contributed by atoms with Gasteiger partial charge in [-0.3, -0.25) is 0 Å². The van der Waals surface area contributed by atoms with E-state index in [4.69, 9.17) is 5.11 Å². The number of carboxylic acids is 1. The molecule has 0 spiro atoms. The molecule has 2 rings (SSSR count). The summed E-state index contributed by atoms with van der Waals surface area (Å²) in [6.07, 6.45) is 0. The summed E-state index contributed by atoms with van der Waals surface area (Å²) in [7, 11) is 0. The zero-order valence-electron chi connectivity index (χ0n) is 9.70. The first kappa shape index (κ1) is 18.6. The molecule has 0 bridgehead atoms.